The predicted molar refractivity (Wildman–Crippen MR) is 131 cm³/mol. The van der Waals surface area contributed by atoms with E-state index in [1.165, 1.54) is 0 Å². The minimum absolute atomic E-state index is 0.579. The second-order valence-electron chi connectivity index (χ2n) is 6.64. The highest BCUT2D eigenvalue weighted by molar-refractivity contribution is 8.03. The molecule has 0 aliphatic rings. The van der Waals surface area contributed by atoms with Gasteiger partial charge >= 0.3 is 5.97 Å². The number of benzene rings is 4. The van der Waals surface area contributed by atoms with Crippen LogP contribution in [-0.2, 0) is 4.79 Å². The second-order valence-corrected chi connectivity index (χ2v) is 11.3. The van der Waals surface area contributed by atoms with Crippen molar-refractivity contribution in [1.29, 1.82) is 0 Å². The molecule has 0 bridgehead atoms. The third-order valence-corrected chi connectivity index (χ3v) is 10.4. The van der Waals surface area contributed by atoms with E-state index in [0.717, 1.165) is 21.2 Å². The molecule has 0 heterocycles. The smallest absolute Gasteiger partial charge is 0.380 e. The van der Waals surface area contributed by atoms with Gasteiger partial charge in [0.2, 0.25) is 5.03 Å². The van der Waals surface area contributed by atoms with Gasteiger partial charge in [0.15, 0.2) is 18.2 Å². The molecule has 0 aromatic heterocycles. The quantitative estimate of drug-likeness (QED) is 0.461. The number of carbonyl (C=O) groups is 1. The van der Waals surface area contributed by atoms with Crippen molar-refractivity contribution in [2.45, 2.75) is 0 Å². The summed E-state index contributed by atoms with van der Waals surface area (Å²) in [4.78, 5) is 12.9. The molecular formula is C26H21O2P2+. The standard InChI is InChI=1S/C26H20O2P2/c27-25(28)26(29(21-13-5-1-6-14-21)22-15-7-2-8-16-22)30(23-17-9-3-10-18-23)24-19-11-4-12-20-24/h1-20H/p+1. The molecule has 0 aliphatic carbocycles. The van der Waals surface area contributed by atoms with Crippen LogP contribution in [0.15, 0.2) is 121 Å². The molecule has 0 fully saturated rings. The topological polar surface area (TPSA) is 37.3 Å². The molecule has 4 rings (SSSR count). The van der Waals surface area contributed by atoms with Crippen LogP contribution >= 0.6 is 15.5 Å². The molecular weight excluding hydrogens is 406 g/mol. The molecule has 146 valence electrons. The van der Waals surface area contributed by atoms with Crippen LogP contribution < -0.4 is 21.2 Å². The maximum Gasteiger partial charge on any atom is 0.380 e. The molecule has 0 unspecified atom stereocenters. The molecule has 4 aromatic carbocycles. The van der Waals surface area contributed by atoms with Crippen LogP contribution in [-0.4, -0.2) is 16.1 Å². The summed E-state index contributed by atoms with van der Waals surface area (Å²) < 4.78 is 0. The summed E-state index contributed by atoms with van der Waals surface area (Å²) >= 11 is 0. The van der Waals surface area contributed by atoms with Gasteiger partial charge in [0.1, 0.15) is 0 Å². The van der Waals surface area contributed by atoms with E-state index < -0.39 is 21.4 Å². The fraction of sp³-hybridized carbons (Fsp3) is 0. The average molecular weight is 427 g/mol. The molecule has 4 heteroatoms. The minimum Gasteiger partial charge on any atom is -0.475 e. The van der Waals surface area contributed by atoms with Gasteiger partial charge in [-0.3, -0.25) is 0 Å². The Balaban J connectivity index is 2.07. The fourth-order valence-electron chi connectivity index (χ4n) is 3.39. The van der Waals surface area contributed by atoms with E-state index in [0.29, 0.717) is 5.03 Å². The van der Waals surface area contributed by atoms with Crippen LogP contribution in [0.25, 0.3) is 0 Å². The molecule has 0 saturated heterocycles. The van der Waals surface area contributed by atoms with Crippen molar-refractivity contribution >= 4 is 47.7 Å². The van der Waals surface area contributed by atoms with Crippen molar-refractivity contribution in [3.8, 4) is 0 Å². The molecule has 4 aromatic rings. The van der Waals surface area contributed by atoms with Crippen LogP contribution in [0.4, 0.5) is 0 Å². The summed E-state index contributed by atoms with van der Waals surface area (Å²) in [7, 11) is -2.39. The maximum atomic E-state index is 12.9. The largest absolute Gasteiger partial charge is 0.475 e. The molecule has 0 saturated carbocycles. The molecule has 30 heavy (non-hydrogen) atoms. The van der Waals surface area contributed by atoms with E-state index in [1.54, 1.807) is 0 Å². The predicted octanol–water partition coefficient (Wildman–Crippen LogP) is 4.47. The molecule has 1 N–H and O–H groups in total. The highest BCUT2D eigenvalue weighted by atomic mass is 31.2. The van der Waals surface area contributed by atoms with Crippen LogP contribution in [0.3, 0.4) is 0 Å². The monoisotopic (exact) mass is 427 g/mol. The Labute approximate surface area is 179 Å². The first kappa shape index (κ1) is 20.2. The third kappa shape index (κ3) is 4.41. The lowest BCUT2D eigenvalue weighted by molar-refractivity contribution is -0.128. The third-order valence-electron chi connectivity index (χ3n) is 4.67. The lowest BCUT2D eigenvalue weighted by Crippen LogP contribution is -2.26. The lowest BCUT2D eigenvalue weighted by atomic mass is 10.4. The van der Waals surface area contributed by atoms with Crippen molar-refractivity contribution in [1.82, 2.24) is 0 Å². The van der Waals surface area contributed by atoms with Crippen molar-refractivity contribution in [2.24, 2.45) is 0 Å². The van der Waals surface area contributed by atoms with Crippen LogP contribution in [0.1, 0.15) is 0 Å². The van der Waals surface area contributed by atoms with Crippen molar-refractivity contribution in [3.63, 3.8) is 0 Å². The Hall–Kier alpha value is -3.05. The summed E-state index contributed by atoms with van der Waals surface area (Å²) in [5.41, 5.74) is 0. The Morgan fingerprint density at radius 2 is 0.900 bits per heavy atom. The minimum atomic E-state index is -1.19. The van der Waals surface area contributed by atoms with E-state index in [4.69, 9.17) is 0 Å². The van der Waals surface area contributed by atoms with E-state index in [1.807, 2.05) is 121 Å². The van der Waals surface area contributed by atoms with Crippen LogP contribution in [0, 0.1) is 0 Å². The summed E-state index contributed by atoms with van der Waals surface area (Å²) in [6, 6.07) is 40.2. The van der Waals surface area contributed by atoms with Gasteiger partial charge in [0.25, 0.3) is 0 Å². The summed E-state index contributed by atoms with van der Waals surface area (Å²) in [6.45, 7) is 0. The van der Waals surface area contributed by atoms with E-state index >= 15 is 0 Å². The number of hydrogen-bond donors (Lipinski definition) is 1. The normalized spacial score (nSPS) is 10.6. The zero-order valence-electron chi connectivity index (χ0n) is 16.3. The molecule has 2 nitrogen and oxygen atoms in total. The van der Waals surface area contributed by atoms with Crippen molar-refractivity contribution in [3.05, 3.63) is 121 Å². The van der Waals surface area contributed by atoms with Gasteiger partial charge in [-0.15, -0.1) is 0 Å². The number of hydrogen-bond acceptors (Lipinski definition) is 1. The molecule has 0 amide bonds. The molecule has 0 atom stereocenters. The van der Waals surface area contributed by atoms with Crippen molar-refractivity contribution in [2.75, 3.05) is 0 Å². The summed E-state index contributed by atoms with van der Waals surface area (Å²) in [5.74, 6) is -0.826. The number of carboxylic acid groups (broad SMARTS) is 1. The van der Waals surface area contributed by atoms with Gasteiger partial charge in [-0.1, -0.05) is 97.1 Å². The van der Waals surface area contributed by atoms with E-state index in [-0.39, 0.29) is 0 Å². The Kier molecular flexibility index (Phi) is 6.50. The zero-order valence-corrected chi connectivity index (χ0v) is 18.1. The van der Waals surface area contributed by atoms with Crippen LogP contribution in [0.2, 0.25) is 0 Å². The summed E-state index contributed by atoms with van der Waals surface area (Å²) in [6.07, 6.45) is 0. The average Bonchev–Trinajstić information content (AvgIpc) is 2.81. The molecule has 0 spiro atoms. The first-order valence-corrected chi connectivity index (χ1v) is 12.3. The maximum absolute atomic E-state index is 12.9. The molecule has 0 aliphatic heterocycles. The number of aliphatic carboxylic acids is 1. The first-order chi connectivity index (χ1) is 14.8. The summed E-state index contributed by atoms with van der Waals surface area (Å²) in [5, 5.41) is 15.3. The van der Waals surface area contributed by atoms with Crippen molar-refractivity contribution < 1.29 is 9.90 Å². The van der Waals surface area contributed by atoms with E-state index in [9.17, 15) is 9.90 Å². The van der Waals surface area contributed by atoms with Gasteiger partial charge < -0.3 is 5.11 Å². The SMILES string of the molecule is O=C(O)C(P(c1ccccc1)c1ccccc1)=[P+](c1ccccc1)c1ccccc1. The van der Waals surface area contributed by atoms with Gasteiger partial charge in [0.05, 0.1) is 0 Å². The first-order valence-electron chi connectivity index (χ1n) is 9.66. The van der Waals surface area contributed by atoms with Crippen LogP contribution in [0.5, 0.6) is 0 Å². The van der Waals surface area contributed by atoms with Gasteiger partial charge in [-0.25, -0.2) is 4.79 Å². The number of rotatable bonds is 6. The Morgan fingerprint density at radius 1 is 0.567 bits per heavy atom. The molecule has 0 radical (unpaired) electrons. The number of carboxylic acids is 1. The lowest BCUT2D eigenvalue weighted by Gasteiger charge is -2.17. The highest BCUT2D eigenvalue weighted by Gasteiger charge is 2.38. The highest BCUT2D eigenvalue weighted by Crippen LogP contribution is 2.43. The second kappa shape index (κ2) is 9.63. The van der Waals surface area contributed by atoms with Gasteiger partial charge in [-0.2, -0.15) is 0 Å². The zero-order chi connectivity index (χ0) is 20.8. The Morgan fingerprint density at radius 3 is 1.23 bits per heavy atom. The fourth-order valence-corrected chi connectivity index (χ4v) is 9.41. The Bertz CT molecular complexity index is 1060. The van der Waals surface area contributed by atoms with E-state index in [2.05, 4.69) is 0 Å². The van der Waals surface area contributed by atoms with Gasteiger partial charge in [-0.05, 0) is 34.9 Å². The van der Waals surface area contributed by atoms with Gasteiger partial charge in [0, 0.05) is 7.92 Å².